The molecule has 1 saturated heterocycles. The van der Waals surface area contributed by atoms with Crippen molar-refractivity contribution in [2.24, 2.45) is 0 Å². The summed E-state index contributed by atoms with van der Waals surface area (Å²) in [6, 6.07) is 13.5. The number of carbonyl (C=O) groups is 2. The van der Waals surface area contributed by atoms with E-state index in [-0.39, 0.29) is 36.3 Å². The van der Waals surface area contributed by atoms with Crippen LogP contribution in [0.3, 0.4) is 0 Å². The van der Waals surface area contributed by atoms with Gasteiger partial charge in [-0.1, -0.05) is 24.3 Å². The number of ether oxygens (including phenoxy) is 5. The maximum atomic E-state index is 13.5. The highest BCUT2D eigenvalue weighted by molar-refractivity contribution is 6.00. The summed E-state index contributed by atoms with van der Waals surface area (Å²) in [7, 11) is 0. The van der Waals surface area contributed by atoms with Gasteiger partial charge in [0.1, 0.15) is 19.0 Å². The van der Waals surface area contributed by atoms with E-state index in [1.807, 2.05) is 24.3 Å². The lowest BCUT2D eigenvalue weighted by molar-refractivity contribution is -0.384. The Morgan fingerprint density at radius 2 is 1.73 bits per heavy atom. The number of non-ortho nitro benzene ring substituents is 1. The van der Waals surface area contributed by atoms with Crippen LogP contribution in [0.2, 0.25) is 0 Å². The summed E-state index contributed by atoms with van der Waals surface area (Å²) in [6.07, 6.45) is 3.38. The number of hydrogen-bond acceptors (Lipinski definition) is 10. The molecule has 2 heterocycles. The maximum Gasteiger partial charge on any atom is 0.337 e. The minimum Gasteiger partial charge on any atom is -0.490 e. The number of rotatable bonds is 13. The molecule has 0 amide bonds. The van der Waals surface area contributed by atoms with Crippen LogP contribution < -0.4 is 10.1 Å². The molecule has 236 valence electrons. The molecule has 44 heavy (non-hydrogen) atoms. The van der Waals surface area contributed by atoms with E-state index in [1.165, 1.54) is 18.2 Å². The normalized spacial score (nSPS) is 18.6. The third-order valence-electron chi connectivity index (χ3n) is 7.30. The second kappa shape index (κ2) is 15.5. The van der Waals surface area contributed by atoms with Crippen molar-refractivity contribution in [2.75, 3.05) is 26.4 Å². The van der Waals surface area contributed by atoms with Crippen LogP contribution in [0.5, 0.6) is 5.75 Å². The maximum absolute atomic E-state index is 13.5. The summed E-state index contributed by atoms with van der Waals surface area (Å²) in [5, 5.41) is 14.6. The van der Waals surface area contributed by atoms with Crippen molar-refractivity contribution < 1.29 is 38.2 Å². The minimum absolute atomic E-state index is 0.0529. The lowest BCUT2D eigenvalue weighted by Gasteiger charge is -2.30. The standard InChI is InChI=1S/C33H40N2O9/c1-21(2)44-33(37)30-23(4)34-22(3)29(31(30)25-8-7-9-26(20-25)35(38)39)32(36)43-19-18-40-27-13-11-24(12-14-27)15-17-42-28-10-5-6-16-41-28/h7-9,11-14,20-21,28,31,34H,5-6,10,15-19H2,1-4H3. The van der Waals surface area contributed by atoms with E-state index in [0.29, 0.717) is 29.3 Å². The fourth-order valence-corrected chi connectivity index (χ4v) is 5.24. The molecule has 4 rings (SSSR count). The van der Waals surface area contributed by atoms with Crippen molar-refractivity contribution in [1.29, 1.82) is 0 Å². The van der Waals surface area contributed by atoms with Gasteiger partial charge in [0.15, 0.2) is 6.29 Å². The van der Waals surface area contributed by atoms with E-state index in [9.17, 15) is 19.7 Å². The fraction of sp³-hybridized carbons (Fsp3) is 0.455. The van der Waals surface area contributed by atoms with Crippen molar-refractivity contribution in [1.82, 2.24) is 5.32 Å². The molecule has 0 aromatic heterocycles. The smallest absolute Gasteiger partial charge is 0.337 e. The van der Waals surface area contributed by atoms with E-state index in [0.717, 1.165) is 37.9 Å². The van der Waals surface area contributed by atoms with Crippen LogP contribution in [-0.2, 0) is 35.0 Å². The summed E-state index contributed by atoms with van der Waals surface area (Å²) in [5.74, 6) is -1.60. The molecule has 0 saturated carbocycles. The minimum atomic E-state index is -0.933. The fourth-order valence-electron chi connectivity index (χ4n) is 5.24. The Morgan fingerprint density at radius 3 is 2.39 bits per heavy atom. The SMILES string of the molecule is CC1=C(C(=O)OCCOc2ccc(CCOC3CCCCO3)cc2)C(c2cccc([N+](=O)[O-])c2)C(C(=O)OC(C)C)=C(C)N1. The van der Waals surface area contributed by atoms with Gasteiger partial charge < -0.3 is 29.0 Å². The Balaban J connectivity index is 1.38. The largest absolute Gasteiger partial charge is 0.490 e. The summed E-state index contributed by atoms with van der Waals surface area (Å²) in [5.41, 5.74) is 2.65. The van der Waals surface area contributed by atoms with Gasteiger partial charge in [0.25, 0.3) is 5.69 Å². The van der Waals surface area contributed by atoms with Crippen molar-refractivity contribution in [3.63, 3.8) is 0 Å². The topological polar surface area (TPSA) is 135 Å². The Hall–Kier alpha value is -4.22. The molecule has 0 aliphatic carbocycles. The van der Waals surface area contributed by atoms with Crippen LogP contribution in [0.15, 0.2) is 71.1 Å². The number of nitro groups is 1. The van der Waals surface area contributed by atoms with Gasteiger partial charge in [-0.05, 0) is 76.6 Å². The van der Waals surface area contributed by atoms with Crippen molar-refractivity contribution in [3.05, 3.63) is 92.3 Å². The number of allylic oxidation sites excluding steroid dienone is 2. The Morgan fingerprint density at radius 1 is 1.00 bits per heavy atom. The van der Waals surface area contributed by atoms with Gasteiger partial charge >= 0.3 is 11.9 Å². The van der Waals surface area contributed by atoms with Crippen molar-refractivity contribution >= 4 is 17.6 Å². The molecule has 2 aromatic carbocycles. The number of benzene rings is 2. The summed E-state index contributed by atoms with van der Waals surface area (Å²) >= 11 is 0. The average Bonchev–Trinajstić information content (AvgIpc) is 2.99. The molecule has 0 spiro atoms. The van der Waals surface area contributed by atoms with Gasteiger partial charge in [-0.2, -0.15) is 0 Å². The zero-order valence-corrected chi connectivity index (χ0v) is 25.6. The second-order valence-electron chi connectivity index (χ2n) is 11.0. The molecule has 0 radical (unpaired) electrons. The quantitative estimate of drug-likeness (QED) is 0.135. The summed E-state index contributed by atoms with van der Waals surface area (Å²) in [6.45, 7) is 8.21. The third kappa shape index (κ3) is 8.67. The van der Waals surface area contributed by atoms with E-state index in [4.69, 9.17) is 23.7 Å². The molecule has 1 fully saturated rings. The van der Waals surface area contributed by atoms with Gasteiger partial charge in [0, 0.05) is 30.1 Å². The molecular weight excluding hydrogens is 568 g/mol. The number of nitrogens with zero attached hydrogens (tertiary/aromatic N) is 1. The molecule has 11 nitrogen and oxygen atoms in total. The van der Waals surface area contributed by atoms with Gasteiger partial charge in [-0.25, -0.2) is 9.59 Å². The second-order valence-corrected chi connectivity index (χ2v) is 11.0. The lowest BCUT2D eigenvalue weighted by Crippen LogP contribution is -2.33. The Bertz CT molecular complexity index is 1390. The van der Waals surface area contributed by atoms with Gasteiger partial charge in [-0.3, -0.25) is 10.1 Å². The molecule has 1 N–H and O–H groups in total. The third-order valence-corrected chi connectivity index (χ3v) is 7.30. The van der Waals surface area contributed by atoms with Crippen molar-refractivity contribution in [3.8, 4) is 5.75 Å². The van der Waals surface area contributed by atoms with Crippen LogP contribution in [0.1, 0.15) is 64.0 Å². The van der Waals surface area contributed by atoms with E-state index < -0.39 is 28.9 Å². The molecule has 11 heteroatoms. The highest BCUT2D eigenvalue weighted by Crippen LogP contribution is 2.40. The molecule has 0 bridgehead atoms. The Labute approximate surface area is 257 Å². The van der Waals surface area contributed by atoms with Crippen LogP contribution in [0.4, 0.5) is 5.69 Å². The average molecular weight is 609 g/mol. The number of nitro benzene ring substituents is 1. The van der Waals surface area contributed by atoms with E-state index in [1.54, 1.807) is 33.8 Å². The van der Waals surface area contributed by atoms with Crippen LogP contribution >= 0.6 is 0 Å². The predicted molar refractivity (Wildman–Crippen MR) is 162 cm³/mol. The van der Waals surface area contributed by atoms with Crippen LogP contribution in [0.25, 0.3) is 0 Å². The zero-order valence-electron chi connectivity index (χ0n) is 25.6. The Kier molecular flexibility index (Phi) is 11.5. The van der Waals surface area contributed by atoms with Crippen LogP contribution in [-0.4, -0.2) is 55.7 Å². The summed E-state index contributed by atoms with van der Waals surface area (Å²) < 4.78 is 28.2. The molecule has 2 unspecified atom stereocenters. The lowest BCUT2D eigenvalue weighted by atomic mass is 9.80. The van der Waals surface area contributed by atoms with E-state index >= 15 is 0 Å². The zero-order chi connectivity index (χ0) is 31.6. The molecule has 2 aliphatic rings. The number of carbonyl (C=O) groups excluding carboxylic acids is 2. The number of nitrogens with one attached hydrogen (secondary N) is 1. The molecule has 2 aromatic rings. The molecular formula is C33H40N2O9. The first-order valence-electron chi connectivity index (χ1n) is 14.9. The monoisotopic (exact) mass is 608 g/mol. The van der Waals surface area contributed by atoms with Gasteiger partial charge in [-0.15, -0.1) is 0 Å². The van der Waals surface area contributed by atoms with Gasteiger partial charge in [0.2, 0.25) is 0 Å². The molecule has 2 aliphatic heterocycles. The van der Waals surface area contributed by atoms with Crippen molar-refractivity contribution in [2.45, 2.75) is 71.7 Å². The number of hydrogen-bond donors (Lipinski definition) is 1. The highest BCUT2D eigenvalue weighted by Gasteiger charge is 2.38. The first-order chi connectivity index (χ1) is 21.1. The number of esters is 2. The van der Waals surface area contributed by atoms with Gasteiger partial charge in [0.05, 0.1) is 34.7 Å². The highest BCUT2D eigenvalue weighted by atomic mass is 16.7. The first kappa shape index (κ1) is 32.7. The number of dihydropyridines is 1. The first-order valence-corrected chi connectivity index (χ1v) is 14.9. The summed E-state index contributed by atoms with van der Waals surface area (Å²) in [4.78, 5) is 37.7. The van der Waals surface area contributed by atoms with Crippen LogP contribution in [0, 0.1) is 10.1 Å². The van der Waals surface area contributed by atoms with E-state index in [2.05, 4.69) is 5.32 Å². The molecule has 2 atom stereocenters. The predicted octanol–water partition coefficient (Wildman–Crippen LogP) is 5.49.